The van der Waals surface area contributed by atoms with Crippen molar-refractivity contribution in [3.8, 4) is 11.1 Å². The van der Waals surface area contributed by atoms with Gasteiger partial charge in [0.05, 0.1) is 6.04 Å². The molecule has 0 fully saturated rings. The molecule has 0 saturated carbocycles. The number of aliphatic imine (C=N–C) groups is 2. The van der Waals surface area contributed by atoms with E-state index in [4.69, 9.17) is 14.4 Å². The number of benzene rings is 7. The summed E-state index contributed by atoms with van der Waals surface area (Å²) in [6.07, 6.45) is 8.78. The van der Waals surface area contributed by atoms with E-state index in [-0.39, 0.29) is 12.2 Å². The minimum atomic E-state index is -0.277. The maximum Gasteiger partial charge on any atom is 0.159 e. The maximum absolute atomic E-state index is 6.59. The number of amidine groups is 2. The summed E-state index contributed by atoms with van der Waals surface area (Å²) in [5.41, 5.74) is 11.0. The van der Waals surface area contributed by atoms with Gasteiger partial charge in [-0.05, 0) is 76.9 Å². The Balaban J connectivity index is 1.01. The van der Waals surface area contributed by atoms with Gasteiger partial charge in [-0.25, -0.2) is 9.98 Å². The van der Waals surface area contributed by atoms with Crippen LogP contribution in [0.2, 0.25) is 0 Å². The van der Waals surface area contributed by atoms with Crippen LogP contribution in [0.4, 0.5) is 11.4 Å². The average Bonchev–Trinajstić information content (AvgIpc) is 3.96. The fourth-order valence-electron chi connectivity index (χ4n) is 9.10. The molecule has 6 heteroatoms. The van der Waals surface area contributed by atoms with Crippen LogP contribution in [-0.2, 0) is 0 Å². The Kier molecular flexibility index (Phi) is 7.22. The first kappa shape index (κ1) is 32.2. The average molecular weight is 751 g/mol. The number of fused-ring (bicyclic) bond motifs is 9. The molecule has 1 N–H and O–H groups in total. The summed E-state index contributed by atoms with van der Waals surface area (Å²) in [6, 6.07) is 56.2. The zero-order valence-corrected chi connectivity index (χ0v) is 31.5. The third-order valence-corrected chi connectivity index (χ3v) is 12.8. The second kappa shape index (κ2) is 12.8. The molecule has 12 rings (SSSR count). The zero-order valence-electron chi connectivity index (χ0n) is 30.7. The molecule has 270 valence electrons. The lowest BCUT2D eigenvalue weighted by Gasteiger charge is -2.28. The van der Waals surface area contributed by atoms with Gasteiger partial charge in [0.1, 0.15) is 23.2 Å². The van der Waals surface area contributed by atoms with Gasteiger partial charge in [0, 0.05) is 59.4 Å². The van der Waals surface area contributed by atoms with E-state index >= 15 is 0 Å². The summed E-state index contributed by atoms with van der Waals surface area (Å²) < 4.78 is 9.14. The molecule has 7 aromatic carbocycles. The number of nitrogens with one attached hydrogen (secondary N) is 1. The molecular weight excluding hydrogens is 717 g/mol. The van der Waals surface area contributed by atoms with E-state index < -0.39 is 0 Å². The summed E-state index contributed by atoms with van der Waals surface area (Å²) >= 11 is 1.86. The number of furan rings is 1. The first-order chi connectivity index (χ1) is 28.2. The molecule has 3 unspecified atom stereocenters. The third kappa shape index (κ3) is 5.14. The van der Waals surface area contributed by atoms with Crippen LogP contribution < -0.4 is 10.2 Å². The number of anilines is 2. The highest BCUT2D eigenvalue weighted by molar-refractivity contribution is 7.26. The van der Waals surface area contributed by atoms with Crippen molar-refractivity contribution in [3.05, 3.63) is 204 Å². The van der Waals surface area contributed by atoms with E-state index in [1.54, 1.807) is 0 Å². The molecule has 0 spiro atoms. The van der Waals surface area contributed by atoms with Crippen molar-refractivity contribution < 1.29 is 4.42 Å². The van der Waals surface area contributed by atoms with E-state index in [0.29, 0.717) is 11.8 Å². The van der Waals surface area contributed by atoms with Gasteiger partial charge in [0.25, 0.3) is 0 Å². The van der Waals surface area contributed by atoms with Crippen molar-refractivity contribution >= 4 is 76.5 Å². The van der Waals surface area contributed by atoms with Gasteiger partial charge < -0.3 is 14.6 Å². The van der Waals surface area contributed by atoms with Gasteiger partial charge in [-0.1, -0.05) is 127 Å². The Morgan fingerprint density at radius 2 is 1.39 bits per heavy atom. The SMILES string of the molecule is C1=CC2c3ccccc3N(c3ccc4sc5cccc(-c6cccc7oc8ccc(C9=NC(c%10ccccc%10)=NC(c%10ccccc%10)N9)cc8c67)c5c4c3)C2C=C1. The number of hydrogen-bond donors (Lipinski definition) is 1. The lowest BCUT2D eigenvalue weighted by Crippen LogP contribution is -2.33. The zero-order chi connectivity index (χ0) is 37.5. The third-order valence-electron chi connectivity index (χ3n) is 11.7. The van der Waals surface area contributed by atoms with Crippen molar-refractivity contribution in [2.75, 3.05) is 4.90 Å². The monoisotopic (exact) mass is 750 g/mol. The van der Waals surface area contributed by atoms with Crippen LogP contribution in [-0.4, -0.2) is 17.7 Å². The van der Waals surface area contributed by atoms with Crippen LogP contribution in [0.15, 0.2) is 196 Å². The second-order valence-electron chi connectivity index (χ2n) is 14.9. The number of nitrogens with zero attached hydrogens (tertiary/aromatic N) is 3. The molecule has 0 bridgehead atoms. The first-order valence-corrected chi connectivity index (χ1v) is 20.2. The highest BCUT2D eigenvalue weighted by Crippen LogP contribution is 2.50. The Bertz CT molecular complexity index is 3190. The topological polar surface area (TPSA) is 53.1 Å². The molecule has 3 aliphatic rings. The molecule has 4 heterocycles. The van der Waals surface area contributed by atoms with Gasteiger partial charge >= 0.3 is 0 Å². The van der Waals surface area contributed by atoms with Gasteiger partial charge in [-0.3, -0.25) is 0 Å². The normalized spacial score (nSPS) is 18.5. The molecule has 2 aromatic heterocycles. The van der Waals surface area contributed by atoms with Gasteiger partial charge in [-0.2, -0.15) is 0 Å². The molecule has 5 nitrogen and oxygen atoms in total. The first-order valence-electron chi connectivity index (χ1n) is 19.4. The molecular formula is C51H34N4OS. The van der Waals surface area contributed by atoms with Crippen LogP contribution in [0.3, 0.4) is 0 Å². The van der Waals surface area contributed by atoms with Crippen LogP contribution in [0.5, 0.6) is 0 Å². The van der Waals surface area contributed by atoms with Crippen molar-refractivity contribution in [1.29, 1.82) is 0 Å². The summed E-state index contributed by atoms with van der Waals surface area (Å²) in [5, 5.41) is 8.34. The molecule has 9 aromatic rings. The summed E-state index contributed by atoms with van der Waals surface area (Å²) in [4.78, 5) is 12.7. The van der Waals surface area contributed by atoms with Gasteiger partial charge in [-0.15, -0.1) is 11.3 Å². The molecule has 1 aliphatic carbocycles. The minimum absolute atomic E-state index is 0.246. The Morgan fingerprint density at radius 3 is 2.28 bits per heavy atom. The van der Waals surface area contributed by atoms with Crippen LogP contribution in [0, 0.1) is 0 Å². The fourth-order valence-corrected chi connectivity index (χ4v) is 10.2. The van der Waals surface area contributed by atoms with E-state index in [2.05, 4.69) is 168 Å². The fraction of sp³-hybridized carbons (Fsp3) is 0.0588. The summed E-state index contributed by atoms with van der Waals surface area (Å²) in [6.45, 7) is 0. The molecule has 0 radical (unpaired) electrons. The van der Waals surface area contributed by atoms with Crippen LogP contribution >= 0.6 is 11.3 Å². The predicted octanol–water partition coefficient (Wildman–Crippen LogP) is 12.8. The molecule has 0 amide bonds. The van der Waals surface area contributed by atoms with Crippen LogP contribution in [0.25, 0.3) is 53.2 Å². The largest absolute Gasteiger partial charge is 0.456 e. The second-order valence-corrected chi connectivity index (χ2v) is 16.0. The Morgan fingerprint density at radius 1 is 0.596 bits per heavy atom. The Hall–Kier alpha value is -7.02. The predicted molar refractivity (Wildman–Crippen MR) is 237 cm³/mol. The minimum Gasteiger partial charge on any atom is -0.456 e. The molecule has 57 heavy (non-hydrogen) atoms. The summed E-state index contributed by atoms with van der Waals surface area (Å²) in [5.74, 6) is 1.82. The lowest BCUT2D eigenvalue weighted by atomic mass is 9.91. The highest BCUT2D eigenvalue weighted by Gasteiger charge is 2.37. The van der Waals surface area contributed by atoms with Gasteiger partial charge in [0.2, 0.25) is 0 Å². The number of rotatable bonds is 5. The number of para-hydroxylation sites is 1. The van der Waals surface area contributed by atoms with E-state index in [9.17, 15) is 0 Å². The quantitative estimate of drug-likeness (QED) is 0.191. The highest BCUT2D eigenvalue weighted by atomic mass is 32.1. The maximum atomic E-state index is 6.59. The van der Waals surface area contributed by atoms with Crippen LogP contribution in [0.1, 0.15) is 34.3 Å². The number of thiophene rings is 1. The van der Waals surface area contributed by atoms with Gasteiger partial charge in [0.15, 0.2) is 5.84 Å². The lowest BCUT2D eigenvalue weighted by molar-refractivity contribution is 0.668. The number of allylic oxidation sites excluding steroid dienone is 2. The van der Waals surface area contributed by atoms with E-state index in [1.165, 1.54) is 42.7 Å². The smallest absolute Gasteiger partial charge is 0.159 e. The van der Waals surface area contributed by atoms with E-state index in [0.717, 1.165) is 50.0 Å². The summed E-state index contributed by atoms with van der Waals surface area (Å²) in [7, 11) is 0. The molecule has 3 atom stereocenters. The van der Waals surface area contributed by atoms with Crippen molar-refractivity contribution in [3.63, 3.8) is 0 Å². The number of hydrogen-bond acceptors (Lipinski definition) is 6. The van der Waals surface area contributed by atoms with Crippen molar-refractivity contribution in [2.24, 2.45) is 9.98 Å². The van der Waals surface area contributed by atoms with Crippen molar-refractivity contribution in [1.82, 2.24) is 5.32 Å². The van der Waals surface area contributed by atoms with Crippen molar-refractivity contribution in [2.45, 2.75) is 18.1 Å². The Labute approximate surface area is 333 Å². The molecule has 0 saturated heterocycles. The molecule has 2 aliphatic heterocycles. The van der Waals surface area contributed by atoms with E-state index in [1.807, 2.05) is 35.6 Å². The standard InChI is InChI=1S/C51H34N4OS/c1-3-13-31(14-4-1)49-52-50(32-15-5-2-6-16-32)54-51(53-49)33-25-27-43-39(29-33)47-37(19-11-23-44(47)56-43)38-20-12-24-46-48(38)40-30-34(26-28-45(40)57-46)55-41-21-9-7-17-35(41)36-18-8-10-22-42(36)55/h1-30,35,41,49H,(H,52,53,54).